The number of hydrogen-bond donors (Lipinski definition) is 1. The summed E-state index contributed by atoms with van der Waals surface area (Å²) < 4.78 is 0. The number of hydrogen-bond acceptors (Lipinski definition) is 3. The predicted molar refractivity (Wildman–Crippen MR) is 82.4 cm³/mol. The van der Waals surface area contributed by atoms with E-state index in [4.69, 9.17) is 5.26 Å². The number of nitrogens with zero attached hydrogens (tertiary/aromatic N) is 2. The van der Waals surface area contributed by atoms with Crippen molar-refractivity contribution in [1.29, 1.82) is 5.26 Å². The molecular formula is C17H25N3. The molecule has 1 atom stereocenters. The van der Waals surface area contributed by atoms with Crippen LogP contribution in [0, 0.1) is 17.2 Å². The molecule has 1 saturated heterocycles. The summed E-state index contributed by atoms with van der Waals surface area (Å²) in [5, 5.41) is 12.5. The summed E-state index contributed by atoms with van der Waals surface area (Å²) in [5.74, 6) is 0.722. The van der Waals surface area contributed by atoms with Gasteiger partial charge in [-0.3, -0.25) is 4.90 Å². The predicted octanol–water partition coefficient (Wildman–Crippen LogP) is 2.94. The molecule has 3 nitrogen and oxygen atoms in total. The van der Waals surface area contributed by atoms with E-state index in [2.05, 4.69) is 42.3 Å². The molecule has 2 rings (SSSR count). The van der Waals surface area contributed by atoms with Gasteiger partial charge in [0.25, 0.3) is 0 Å². The summed E-state index contributed by atoms with van der Waals surface area (Å²) in [6.45, 7) is 8.88. The van der Waals surface area contributed by atoms with Crippen LogP contribution in [0.5, 0.6) is 0 Å². The molecule has 20 heavy (non-hydrogen) atoms. The van der Waals surface area contributed by atoms with Gasteiger partial charge in [0.2, 0.25) is 0 Å². The lowest BCUT2D eigenvalue weighted by Gasteiger charge is -2.35. The second-order valence-electron chi connectivity index (χ2n) is 6.01. The van der Waals surface area contributed by atoms with Crippen LogP contribution < -0.4 is 5.32 Å². The number of nitriles is 1. The van der Waals surface area contributed by atoms with Gasteiger partial charge in [0, 0.05) is 32.2 Å². The Balaban J connectivity index is 2.17. The third-order valence-electron chi connectivity index (χ3n) is 4.01. The van der Waals surface area contributed by atoms with Gasteiger partial charge in [-0.05, 0) is 36.5 Å². The molecule has 1 aromatic carbocycles. The third kappa shape index (κ3) is 4.06. The Hall–Kier alpha value is -1.37. The van der Waals surface area contributed by atoms with Crippen LogP contribution in [-0.2, 0) is 0 Å². The molecule has 0 spiro atoms. The summed E-state index contributed by atoms with van der Waals surface area (Å²) >= 11 is 0. The fourth-order valence-electron chi connectivity index (χ4n) is 2.86. The molecule has 0 radical (unpaired) electrons. The number of benzene rings is 1. The van der Waals surface area contributed by atoms with Crippen molar-refractivity contribution >= 4 is 0 Å². The zero-order valence-corrected chi connectivity index (χ0v) is 12.6. The van der Waals surface area contributed by atoms with E-state index in [1.165, 1.54) is 18.4 Å². The first kappa shape index (κ1) is 15.0. The van der Waals surface area contributed by atoms with Crippen molar-refractivity contribution in [3.63, 3.8) is 0 Å². The molecule has 3 heteroatoms. The van der Waals surface area contributed by atoms with Crippen LogP contribution in [0.15, 0.2) is 24.3 Å². The van der Waals surface area contributed by atoms with E-state index in [1.54, 1.807) is 0 Å². The Bertz CT molecular complexity index is 456. The van der Waals surface area contributed by atoms with Gasteiger partial charge in [-0.2, -0.15) is 5.26 Å². The monoisotopic (exact) mass is 271 g/mol. The average Bonchev–Trinajstić information content (AvgIpc) is 2.48. The van der Waals surface area contributed by atoms with Gasteiger partial charge in [0.15, 0.2) is 0 Å². The van der Waals surface area contributed by atoms with Crippen molar-refractivity contribution in [1.82, 2.24) is 10.2 Å². The summed E-state index contributed by atoms with van der Waals surface area (Å²) in [6.07, 6.45) is 2.40. The molecular weight excluding hydrogens is 246 g/mol. The van der Waals surface area contributed by atoms with Gasteiger partial charge in [0.05, 0.1) is 11.6 Å². The zero-order valence-electron chi connectivity index (χ0n) is 12.6. The Morgan fingerprint density at radius 2 is 2.00 bits per heavy atom. The van der Waals surface area contributed by atoms with Gasteiger partial charge in [-0.15, -0.1) is 0 Å². The maximum absolute atomic E-state index is 9.10. The highest BCUT2D eigenvalue weighted by atomic mass is 15.2. The Labute approximate surface area is 122 Å². The van der Waals surface area contributed by atoms with Gasteiger partial charge in [-0.25, -0.2) is 0 Å². The van der Waals surface area contributed by atoms with Crippen molar-refractivity contribution < 1.29 is 0 Å². The van der Waals surface area contributed by atoms with Crippen LogP contribution >= 0.6 is 0 Å². The topological polar surface area (TPSA) is 39.1 Å². The zero-order chi connectivity index (χ0) is 14.4. The summed E-state index contributed by atoms with van der Waals surface area (Å²) in [7, 11) is 0. The molecule has 1 aromatic rings. The largest absolute Gasteiger partial charge is 0.314 e. The molecule has 0 unspecified atom stereocenters. The number of rotatable bonds is 5. The highest BCUT2D eigenvalue weighted by Crippen LogP contribution is 2.28. The van der Waals surface area contributed by atoms with Crippen LogP contribution in [0.2, 0.25) is 0 Å². The lowest BCUT2D eigenvalue weighted by molar-refractivity contribution is 0.160. The lowest BCUT2D eigenvalue weighted by Crippen LogP contribution is -2.45. The highest BCUT2D eigenvalue weighted by Gasteiger charge is 2.22. The third-order valence-corrected chi connectivity index (χ3v) is 4.01. The fraction of sp³-hybridized carbons (Fsp3) is 0.588. The van der Waals surface area contributed by atoms with E-state index in [0.717, 1.165) is 37.7 Å². The normalized spacial score (nSPS) is 17.9. The number of nitrogens with one attached hydrogen (secondary N) is 1. The van der Waals surface area contributed by atoms with Crippen molar-refractivity contribution in [3.05, 3.63) is 35.4 Å². The van der Waals surface area contributed by atoms with Crippen molar-refractivity contribution in [2.24, 2.45) is 5.92 Å². The maximum Gasteiger partial charge on any atom is 0.0991 e. The molecule has 0 bridgehead atoms. The van der Waals surface area contributed by atoms with Crippen LogP contribution in [0.25, 0.3) is 0 Å². The second kappa shape index (κ2) is 7.42. The van der Waals surface area contributed by atoms with E-state index in [1.807, 2.05) is 12.1 Å². The molecule has 108 valence electrons. The average molecular weight is 271 g/mol. The van der Waals surface area contributed by atoms with Gasteiger partial charge in [-0.1, -0.05) is 26.0 Å². The lowest BCUT2D eigenvalue weighted by atomic mass is 9.95. The first-order chi connectivity index (χ1) is 9.70. The Morgan fingerprint density at radius 1 is 1.25 bits per heavy atom. The molecule has 1 aliphatic rings. The smallest absolute Gasteiger partial charge is 0.0991 e. The second-order valence-corrected chi connectivity index (χ2v) is 6.01. The van der Waals surface area contributed by atoms with Crippen LogP contribution in [0.4, 0.5) is 0 Å². The first-order valence-electron chi connectivity index (χ1n) is 7.65. The minimum Gasteiger partial charge on any atom is -0.314 e. The maximum atomic E-state index is 9.10. The molecule has 0 aromatic heterocycles. The van der Waals surface area contributed by atoms with Crippen molar-refractivity contribution in [2.45, 2.75) is 32.7 Å². The van der Waals surface area contributed by atoms with Gasteiger partial charge >= 0.3 is 0 Å². The van der Waals surface area contributed by atoms with Crippen molar-refractivity contribution in [3.8, 4) is 6.07 Å². The molecule has 1 heterocycles. The Kier molecular flexibility index (Phi) is 5.58. The Morgan fingerprint density at radius 3 is 2.65 bits per heavy atom. The standard InChI is InChI=1S/C17H25N3/c1-14(2)6-7-17(20-10-8-19-9-11-20)16-5-3-4-15(12-16)13-18/h3-5,12,14,17,19H,6-11H2,1-2H3/t17-/m1/s1. The van der Waals surface area contributed by atoms with Gasteiger partial charge < -0.3 is 5.32 Å². The summed E-state index contributed by atoms with van der Waals surface area (Å²) in [6, 6.07) is 10.8. The minimum atomic E-state index is 0.452. The summed E-state index contributed by atoms with van der Waals surface area (Å²) in [4.78, 5) is 2.56. The van der Waals surface area contributed by atoms with E-state index in [-0.39, 0.29) is 0 Å². The SMILES string of the molecule is CC(C)CC[C@H](c1cccc(C#N)c1)N1CCNCC1. The van der Waals surface area contributed by atoms with Gasteiger partial charge in [0.1, 0.15) is 0 Å². The van der Waals surface area contributed by atoms with E-state index < -0.39 is 0 Å². The molecule has 0 amide bonds. The van der Waals surface area contributed by atoms with Crippen LogP contribution in [0.1, 0.15) is 43.9 Å². The van der Waals surface area contributed by atoms with Crippen LogP contribution in [-0.4, -0.2) is 31.1 Å². The quantitative estimate of drug-likeness (QED) is 0.895. The van der Waals surface area contributed by atoms with E-state index in [0.29, 0.717) is 6.04 Å². The van der Waals surface area contributed by atoms with Crippen molar-refractivity contribution in [2.75, 3.05) is 26.2 Å². The molecule has 0 saturated carbocycles. The highest BCUT2D eigenvalue weighted by molar-refractivity contribution is 5.34. The molecule has 1 N–H and O–H groups in total. The first-order valence-corrected chi connectivity index (χ1v) is 7.65. The molecule has 1 aliphatic heterocycles. The minimum absolute atomic E-state index is 0.452. The number of piperazine rings is 1. The molecule has 1 fully saturated rings. The van der Waals surface area contributed by atoms with E-state index in [9.17, 15) is 0 Å². The summed E-state index contributed by atoms with van der Waals surface area (Å²) in [5.41, 5.74) is 2.07. The van der Waals surface area contributed by atoms with E-state index >= 15 is 0 Å². The van der Waals surface area contributed by atoms with Crippen LogP contribution in [0.3, 0.4) is 0 Å². The fourth-order valence-corrected chi connectivity index (χ4v) is 2.86. The molecule has 0 aliphatic carbocycles.